The van der Waals surface area contributed by atoms with Crippen LogP contribution in [0.4, 0.5) is 0 Å². The van der Waals surface area contributed by atoms with Crippen LogP contribution in [0.2, 0.25) is 0 Å². The van der Waals surface area contributed by atoms with Gasteiger partial charge in [0, 0.05) is 5.57 Å². The topological polar surface area (TPSA) is 46.5 Å². The lowest BCUT2D eigenvalue weighted by Crippen LogP contribution is -2.55. The summed E-state index contributed by atoms with van der Waals surface area (Å²) in [7, 11) is 1.40. The first-order valence-corrected chi connectivity index (χ1v) is 6.92. The van der Waals surface area contributed by atoms with Crippen molar-refractivity contribution in [3.63, 3.8) is 0 Å². The van der Waals surface area contributed by atoms with Gasteiger partial charge in [-0.1, -0.05) is 6.58 Å². The van der Waals surface area contributed by atoms with Crippen molar-refractivity contribution in [1.29, 1.82) is 0 Å². The fraction of sp³-hybridized carbons (Fsp3) is 0.800. The first-order valence-electron chi connectivity index (χ1n) is 6.92. The molecule has 0 heterocycles. The second kappa shape index (κ2) is 3.83. The maximum Gasteiger partial charge on any atom is 0.333 e. The molecule has 0 aliphatic heterocycles. The van der Waals surface area contributed by atoms with Crippen LogP contribution in [0, 0.1) is 17.3 Å². The van der Waals surface area contributed by atoms with Crippen LogP contribution in [0.1, 0.15) is 44.9 Å². The smallest absolute Gasteiger partial charge is 0.333 e. The van der Waals surface area contributed by atoms with Crippen LogP contribution >= 0.6 is 0 Å². The van der Waals surface area contributed by atoms with Crippen LogP contribution in [0.3, 0.4) is 0 Å². The molecule has 1 N–H and O–H groups in total. The quantitative estimate of drug-likeness (QED) is 0.618. The first kappa shape index (κ1) is 12.2. The monoisotopic (exact) mass is 250 g/mol. The Bertz CT molecular complexity index is 385. The molecular weight excluding hydrogens is 228 g/mol. The molecule has 0 amide bonds. The van der Waals surface area contributed by atoms with Gasteiger partial charge in [0.05, 0.1) is 12.7 Å². The van der Waals surface area contributed by atoms with Gasteiger partial charge in [0.15, 0.2) is 0 Å². The molecule has 4 saturated carbocycles. The molecular formula is C15H22O3. The van der Waals surface area contributed by atoms with E-state index in [4.69, 9.17) is 4.74 Å². The maximum absolute atomic E-state index is 11.5. The number of esters is 1. The molecule has 0 radical (unpaired) electrons. The summed E-state index contributed by atoms with van der Waals surface area (Å²) in [6.45, 7) is 3.87. The van der Waals surface area contributed by atoms with Gasteiger partial charge in [0.25, 0.3) is 0 Å². The molecule has 4 fully saturated rings. The van der Waals surface area contributed by atoms with Gasteiger partial charge in [0.2, 0.25) is 0 Å². The van der Waals surface area contributed by atoms with Gasteiger partial charge in [-0.15, -0.1) is 0 Å². The van der Waals surface area contributed by atoms with Gasteiger partial charge in [-0.25, -0.2) is 4.79 Å². The van der Waals surface area contributed by atoms with Crippen molar-refractivity contribution in [2.75, 3.05) is 7.11 Å². The Labute approximate surface area is 108 Å². The molecule has 0 spiro atoms. The summed E-state index contributed by atoms with van der Waals surface area (Å²) >= 11 is 0. The zero-order valence-corrected chi connectivity index (χ0v) is 11.1. The molecule has 0 aromatic carbocycles. The third kappa shape index (κ3) is 1.89. The van der Waals surface area contributed by atoms with E-state index in [2.05, 4.69) is 6.58 Å². The van der Waals surface area contributed by atoms with Crippen LogP contribution in [-0.2, 0) is 9.53 Å². The summed E-state index contributed by atoms with van der Waals surface area (Å²) in [6, 6.07) is 0. The summed E-state index contributed by atoms with van der Waals surface area (Å²) in [5.41, 5.74) is 0.230. The third-order valence-corrected chi connectivity index (χ3v) is 5.21. The minimum atomic E-state index is -0.458. The Kier molecular flexibility index (Phi) is 2.60. The fourth-order valence-electron chi connectivity index (χ4n) is 5.28. The fourth-order valence-corrected chi connectivity index (χ4v) is 5.28. The lowest BCUT2D eigenvalue weighted by Gasteiger charge is -2.60. The highest BCUT2D eigenvalue weighted by Crippen LogP contribution is 2.63. The minimum absolute atomic E-state index is 0.115. The lowest BCUT2D eigenvalue weighted by molar-refractivity contribution is -0.164. The highest BCUT2D eigenvalue weighted by Gasteiger charge is 2.57. The van der Waals surface area contributed by atoms with Crippen LogP contribution < -0.4 is 0 Å². The van der Waals surface area contributed by atoms with E-state index in [0.717, 1.165) is 32.1 Å². The van der Waals surface area contributed by atoms with E-state index < -0.39 is 5.60 Å². The number of aliphatic hydroxyl groups is 1. The van der Waals surface area contributed by atoms with Gasteiger partial charge < -0.3 is 9.84 Å². The van der Waals surface area contributed by atoms with Crippen LogP contribution in [0.25, 0.3) is 0 Å². The van der Waals surface area contributed by atoms with E-state index in [-0.39, 0.29) is 11.4 Å². The van der Waals surface area contributed by atoms with E-state index >= 15 is 0 Å². The Morgan fingerprint density at radius 2 is 1.94 bits per heavy atom. The number of carbonyl (C=O) groups is 1. The van der Waals surface area contributed by atoms with Gasteiger partial charge in [-0.3, -0.25) is 0 Å². The largest absolute Gasteiger partial charge is 0.466 e. The summed E-state index contributed by atoms with van der Waals surface area (Å²) < 4.78 is 4.75. The number of carbonyl (C=O) groups excluding carboxylic acids is 1. The molecule has 4 rings (SSSR count). The van der Waals surface area contributed by atoms with Crippen molar-refractivity contribution < 1.29 is 14.6 Å². The normalized spacial score (nSPS) is 45.0. The zero-order chi connectivity index (χ0) is 13.0. The van der Waals surface area contributed by atoms with Crippen LogP contribution in [-0.4, -0.2) is 23.8 Å². The van der Waals surface area contributed by atoms with Gasteiger partial charge in [0.1, 0.15) is 0 Å². The Balaban J connectivity index is 1.79. The molecule has 18 heavy (non-hydrogen) atoms. The number of hydrogen-bond donors (Lipinski definition) is 1. The van der Waals surface area contributed by atoms with Crippen molar-refractivity contribution in [3.8, 4) is 0 Å². The summed E-state index contributed by atoms with van der Waals surface area (Å²) in [5, 5.41) is 10.6. The molecule has 0 aromatic rings. The predicted octanol–water partition coefficient (Wildman–Crippen LogP) is 2.44. The summed E-state index contributed by atoms with van der Waals surface area (Å²) in [6.07, 6.45) is 7.07. The molecule has 4 aliphatic carbocycles. The average Bonchev–Trinajstić information content (AvgIpc) is 2.23. The molecule has 0 aromatic heterocycles. The van der Waals surface area contributed by atoms with Crippen molar-refractivity contribution >= 4 is 5.97 Å². The van der Waals surface area contributed by atoms with Gasteiger partial charge >= 0.3 is 5.97 Å². The highest BCUT2D eigenvalue weighted by atomic mass is 16.5. The highest BCUT2D eigenvalue weighted by molar-refractivity contribution is 5.87. The molecule has 3 heteroatoms. The zero-order valence-electron chi connectivity index (χ0n) is 11.1. The molecule has 2 atom stereocenters. The van der Waals surface area contributed by atoms with E-state index in [1.807, 2.05) is 0 Å². The molecule has 2 unspecified atom stereocenters. The predicted molar refractivity (Wildman–Crippen MR) is 67.8 cm³/mol. The van der Waals surface area contributed by atoms with Gasteiger partial charge in [-0.05, 0) is 62.2 Å². The maximum atomic E-state index is 11.5. The van der Waals surface area contributed by atoms with E-state index in [1.54, 1.807) is 0 Å². The van der Waals surface area contributed by atoms with E-state index in [1.165, 1.54) is 13.5 Å². The number of rotatable bonds is 3. The van der Waals surface area contributed by atoms with Crippen molar-refractivity contribution in [2.24, 2.45) is 17.3 Å². The van der Waals surface area contributed by atoms with Crippen molar-refractivity contribution in [2.45, 2.75) is 50.5 Å². The lowest BCUT2D eigenvalue weighted by atomic mass is 9.47. The number of ether oxygens (including phenoxy) is 1. The van der Waals surface area contributed by atoms with Crippen molar-refractivity contribution in [1.82, 2.24) is 0 Å². The van der Waals surface area contributed by atoms with Crippen molar-refractivity contribution in [3.05, 3.63) is 12.2 Å². The Hall–Kier alpha value is -0.830. The van der Waals surface area contributed by atoms with Crippen LogP contribution in [0.15, 0.2) is 12.2 Å². The Morgan fingerprint density at radius 1 is 1.33 bits per heavy atom. The Morgan fingerprint density at radius 3 is 2.44 bits per heavy atom. The number of hydrogen-bond acceptors (Lipinski definition) is 3. The minimum Gasteiger partial charge on any atom is -0.466 e. The SMILES string of the molecule is C=C(CC12CC3CC(CC(O)(C3)C1)C2)C(=O)OC. The second-order valence-corrected chi connectivity index (χ2v) is 6.96. The third-order valence-electron chi connectivity index (χ3n) is 5.21. The van der Waals surface area contributed by atoms with E-state index in [9.17, 15) is 9.90 Å². The molecule has 4 bridgehead atoms. The first-order chi connectivity index (χ1) is 8.44. The number of methoxy groups -OCH3 is 1. The van der Waals surface area contributed by atoms with E-state index in [0.29, 0.717) is 23.8 Å². The summed E-state index contributed by atoms with van der Waals surface area (Å²) in [5.74, 6) is 1.01. The molecule has 0 saturated heterocycles. The standard InChI is InChI=1S/C15H22O3/c1-10(13(16)18-2)4-14-5-11-3-12(6-14)8-15(17,7-11)9-14/h11-12,17H,1,3-9H2,2H3. The average molecular weight is 250 g/mol. The summed E-state index contributed by atoms with van der Waals surface area (Å²) in [4.78, 5) is 11.5. The molecule has 4 aliphatic rings. The molecule has 3 nitrogen and oxygen atoms in total. The molecule has 100 valence electrons. The van der Waals surface area contributed by atoms with Gasteiger partial charge in [-0.2, -0.15) is 0 Å². The van der Waals surface area contributed by atoms with Crippen LogP contribution in [0.5, 0.6) is 0 Å². The second-order valence-electron chi connectivity index (χ2n) is 6.96.